The number of hydrogen-bond donors (Lipinski definition) is 0. The molecular formula is C67H56. The first kappa shape index (κ1) is 40.3. The van der Waals surface area contributed by atoms with Gasteiger partial charge in [0, 0.05) is 21.7 Å². The molecule has 0 saturated carbocycles. The van der Waals surface area contributed by atoms with Gasteiger partial charge in [0.2, 0.25) is 0 Å². The van der Waals surface area contributed by atoms with Crippen LogP contribution in [0.1, 0.15) is 105 Å². The third-order valence-corrected chi connectivity index (χ3v) is 16.9. The summed E-state index contributed by atoms with van der Waals surface area (Å²) in [5, 5.41) is 0. The molecule has 0 heteroatoms. The molecule has 0 saturated heterocycles. The lowest BCUT2D eigenvalue weighted by Gasteiger charge is -2.24. The zero-order chi connectivity index (χ0) is 45.9. The van der Waals surface area contributed by atoms with Crippen LogP contribution in [-0.4, -0.2) is 0 Å². The Morgan fingerprint density at radius 3 is 0.716 bits per heavy atom. The van der Waals surface area contributed by atoms with Crippen molar-refractivity contribution in [3.05, 3.63) is 226 Å². The van der Waals surface area contributed by atoms with Crippen molar-refractivity contribution < 1.29 is 0 Å². The second-order valence-electron chi connectivity index (χ2n) is 22.2. The minimum absolute atomic E-state index is 0.0238. The molecule has 0 N–H and O–H groups in total. The number of hydrogen-bond acceptors (Lipinski definition) is 0. The molecule has 0 fully saturated rings. The van der Waals surface area contributed by atoms with Gasteiger partial charge in [0.05, 0.1) is 0 Å². The minimum Gasteiger partial charge on any atom is -0.0619 e. The maximum Gasteiger partial charge on any atom is 0.0159 e. The van der Waals surface area contributed by atoms with E-state index in [0.717, 1.165) is 0 Å². The fourth-order valence-electron chi connectivity index (χ4n) is 13.1. The van der Waals surface area contributed by atoms with Crippen LogP contribution in [-0.2, 0) is 21.7 Å². The van der Waals surface area contributed by atoms with Crippen LogP contribution in [0.5, 0.6) is 0 Å². The molecule has 0 radical (unpaired) electrons. The predicted octanol–water partition coefficient (Wildman–Crippen LogP) is 17.9. The van der Waals surface area contributed by atoms with E-state index in [-0.39, 0.29) is 21.7 Å². The number of aryl methyl sites for hydroxylation is 1. The molecule has 4 aliphatic rings. The van der Waals surface area contributed by atoms with Crippen LogP contribution in [0.3, 0.4) is 0 Å². The van der Waals surface area contributed by atoms with Gasteiger partial charge in [-0.1, -0.05) is 189 Å². The van der Waals surface area contributed by atoms with E-state index in [0.29, 0.717) is 0 Å². The summed E-state index contributed by atoms with van der Waals surface area (Å²) in [6.07, 6.45) is 0. The van der Waals surface area contributed by atoms with Crippen molar-refractivity contribution in [2.75, 3.05) is 0 Å². The highest BCUT2D eigenvalue weighted by Crippen LogP contribution is 2.55. The van der Waals surface area contributed by atoms with Gasteiger partial charge < -0.3 is 0 Å². The quantitative estimate of drug-likeness (QED) is 0.165. The van der Waals surface area contributed by atoms with Crippen LogP contribution in [0.15, 0.2) is 176 Å². The van der Waals surface area contributed by atoms with Crippen LogP contribution in [0.2, 0.25) is 0 Å². The van der Waals surface area contributed by atoms with Gasteiger partial charge in [-0.2, -0.15) is 0 Å². The van der Waals surface area contributed by atoms with Crippen LogP contribution >= 0.6 is 0 Å². The lowest BCUT2D eigenvalue weighted by atomic mass is 9.79. The van der Waals surface area contributed by atoms with Gasteiger partial charge in [-0.3, -0.25) is 0 Å². The second-order valence-corrected chi connectivity index (χ2v) is 22.2. The van der Waals surface area contributed by atoms with E-state index in [9.17, 15) is 0 Å². The molecule has 0 unspecified atom stereocenters. The van der Waals surface area contributed by atoms with Gasteiger partial charge in [-0.25, -0.2) is 0 Å². The van der Waals surface area contributed by atoms with Crippen molar-refractivity contribution in [2.45, 2.75) is 84.0 Å². The average Bonchev–Trinajstić information content (AvgIpc) is 3.90. The maximum absolute atomic E-state index is 2.48. The van der Waals surface area contributed by atoms with E-state index in [1.165, 1.54) is 139 Å². The number of rotatable bonds is 4. The van der Waals surface area contributed by atoms with E-state index >= 15 is 0 Å². The molecule has 9 aromatic rings. The van der Waals surface area contributed by atoms with Crippen LogP contribution in [0.25, 0.3) is 89.0 Å². The summed E-state index contributed by atoms with van der Waals surface area (Å²) < 4.78 is 0. The molecule has 67 heavy (non-hydrogen) atoms. The Morgan fingerprint density at radius 2 is 0.433 bits per heavy atom. The average molecular weight is 861 g/mol. The summed E-state index contributed by atoms with van der Waals surface area (Å²) in [7, 11) is 0. The third-order valence-electron chi connectivity index (χ3n) is 16.9. The Labute approximate surface area is 397 Å². The first-order chi connectivity index (χ1) is 32.1. The van der Waals surface area contributed by atoms with E-state index in [1.807, 2.05) is 0 Å². The molecule has 0 heterocycles. The smallest absolute Gasteiger partial charge is 0.0159 e. The lowest BCUT2D eigenvalue weighted by Crippen LogP contribution is -2.15. The molecule has 0 nitrogen and oxygen atoms in total. The normalized spacial score (nSPS) is 16.3. The van der Waals surface area contributed by atoms with Crippen LogP contribution in [0, 0.1) is 6.92 Å². The lowest BCUT2D eigenvalue weighted by molar-refractivity contribution is 0.659. The van der Waals surface area contributed by atoms with Gasteiger partial charge in [0.1, 0.15) is 0 Å². The van der Waals surface area contributed by atoms with E-state index in [2.05, 4.69) is 238 Å². The van der Waals surface area contributed by atoms with E-state index < -0.39 is 0 Å². The number of fused-ring (bicyclic) bond motifs is 12. The molecule has 0 amide bonds. The molecule has 0 aliphatic heterocycles. The highest BCUT2D eigenvalue weighted by atomic mass is 14.4. The van der Waals surface area contributed by atoms with Gasteiger partial charge in [0.15, 0.2) is 0 Å². The monoisotopic (exact) mass is 860 g/mol. The standard InChI is InChI=1S/C67H56/c1-39-30-46(44-22-28-54-52-26-20-42(35-60(52)66(6,7)62(54)37-44)40-18-24-50-48-14-10-12-16-56(48)64(2,3)58(50)33-40)32-47(31-39)45-23-29-55-53-27-21-43(36-61(53)67(8,9)63(55)38-45)41-19-25-51-49-15-11-13-17-57(49)65(4,5)59(51)34-41/h10-38H,1-9H3. The molecular weight excluding hydrogens is 805 g/mol. The zero-order valence-electron chi connectivity index (χ0n) is 40.2. The molecule has 0 spiro atoms. The van der Waals surface area contributed by atoms with Crippen molar-refractivity contribution in [2.24, 2.45) is 0 Å². The van der Waals surface area contributed by atoms with Crippen molar-refractivity contribution in [1.82, 2.24) is 0 Å². The highest BCUT2D eigenvalue weighted by Gasteiger charge is 2.40. The Bertz CT molecular complexity index is 3400. The van der Waals surface area contributed by atoms with Gasteiger partial charge >= 0.3 is 0 Å². The second kappa shape index (κ2) is 13.5. The highest BCUT2D eigenvalue weighted by molar-refractivity contribution is 5.91. The predicted molar refractivity (Wildman–Crippen MR) is 283 cm³/mol. The third kappa shape index (κ3) is 5.60. The fourth-order valence-corrected chi connectivity index (χ4v) is 13.1. The van der Waals surface area contributed by atoms with E-state index in [1.54, 1.807) is 0 Å². The molecule has 0 aromatic heterocycles. The fraction of sp³-hybridized carbons (Fsp3) is 0.194. The Hall–Kier alpha value is -7.02. The Morgan fingerprint density at radius 1 is 0.209 bits per heavy atom. The van der Waals surface area contributed by atoms with Crippen molar-refractivity contribution >= 4 is 0 Å². The maximum atomic E-state index is 2.48. The topological polar surface area (TPSA) is 0 Å². The largest absolute Gasteiger partial charge is 0.0619 e. The van der Waals surface area contributed by atoms with Crippen LogP contribution < -0.4 is 0 Å². The molecule has 4 aliphatic carbocycles. The van der Waals surface area contributed by atoms with Gasteiger partial charge in [-0.15, -0.1) is 0 Å². The van der Waals surface area contributed by atoms with Gasteiger partial charge in [-0.05, 0) is 188 Å². The molecule has 9 aromatic carbocycles. The zero-order valence-corrected chi connectivity index (χ0v) is 40.2. The molecule has 0 atom stereocenters. The summed E-state index contributed by atoms with van der Waals surface area (Å²) in [5.41, 5.74) is 33.3. The molecule has 13 rings (SSSR count). The van der Waals surface area contributed by atoms with E-state index in [4.69, 9.17) is 0 Å². The first-order valence-electron chi connectivity index (χ1n) is 24.3. The summed E-state index contributed by atoms with van der Waals surface area (Å²) in [6.45, 7) is 21.4. The SMILES string of the molecule is Cc1cc(-c2ccc3c(c2)C(C)(C)c2cc(-c4ccc5c(c4)C(C)(C)c4ccccc4-5)ccc2-3)cc(-c2ccc3c(c2)C(C)(C)c2cc(-c4ccc5c(c4)C(C)(C)c4ccccc4-5)ccc2-3)c1. The first-order valence-corrected chi connectivity index (χ1v) is 24.3. The van der Waals surface area contributed by atoms with Crippen molar-refractivity contribution in [3.8, 4) is 89.0 Å². The molecule has 0 bridgehead atoms. The summed E-state index contributed by atoms with van der Waals surface area (Å²) in [6, 6.07) is 68.0. The summed E-state index contributed by atoms with van der Waals surface area (Å²) in [5.74, 6) is 0. The van der Waals surface area contributed by atoms with Gasteiger partial charge in [0.25, 0.3) is 0 Å². The minimum atomic E-state index is -0.140. The van der Waals surface area contributed by atoms with Crippen molar-refractivity contribution in [1.29, 1.82) is 0 Å². The summed E-state index contributed by atoms with van der Waals surface area (Å²) >= 11 is 0. The molecule has 324 valence electrons. The Kier molecular flexibility index (Phi) is 8.14. The Balaban J connectivity index is 0.805. The van der Waals surface area contributed by atoms with Crippen molar-refractivity contribution in [3.63, 3.8) is 0 Å². The number of benzene rings is 9. The van der Waals surface area contributed by atoms with Crippen LogP contribution in [0.4, 0.5) is 0 Å². The summed E-state index contributed by atoms with van der Waals surface area (Å²) in [4.78, 5) is 0.